The Labute approximate surface area is 112 Å². The van der Waals surface area contributed by atoms with Gasteiger partial charge in [-0.1, -0.05) is 12.8 Å². The average molecular weight is 261 g/mol. The second kappa shape index (κ2) is 5.13. The average Bonchev–Trinajstić information content (AvgIpc) is 2.68. The van der Waals surface area contributed by atoms with Crippen molar-refractivity contribution in [1.29, 1.82) is 0 Å². The summed E-state index contributed by atoms with van der Waals surface area (Å²) >= 11 is 0. The molecule has 1 unspecified atom stereocenters. The number of rotatable bonds is 2. The lowest BCUT2D eigenvalue weighted by molar-refractivity contribution is 0.254. The van der Waals surface area contributed by atoms with Crippen molar-refractivity contribution in [3.8, 4) is 0 Å². The summed E-state index contributed by atoms with van der Waals surface area (Å²) in [5, 5.41) is 14.8. The van der Waals surface area contributed by atoms with Crippen molar-refractivity contribution in [2.75, 3.05) is 18.1 Å². The van der Waals surface area contributed by atoms with E-state index in [-0.39, 0.29) is 12.6 Å². The molecule has 1 atom stereocenters. The molecule has 1 fully saturated rings. The molecular formula is C13H19N5O. The molecule has 1 aliphatic rings. The van der Waals surface area contributed by atoms with E-state index in [9.17, 15) is 5.11 Å². The number of aryl methyl sites for hydroxylation is 1. The van der Waals surface area contributed by atoms with Gasteiger partial charge in [-0.05, 0) is 12.8 Å². The van der Waals surface area contributed by atoms with Gasteiger partial charge in [-0.2, -0.15) is 5.10 Å². The molecule has 3 rings (SSSR count). The molecular weight excluding hydrogens is 242 g/mol. The van der Waals surface area contributed by atoms with E-state index in [1.165, 1.54) is 12.8 Å². The molecule has 2 aromatic heterocycles. The Hall–Kier alpha value is -1.69. The van der Waals surface area contributed by atoms with Crippen LogP contribution in [0.4, 0.5) is 5.82 Å². The molecule has 3 heterocycles. The minimum absolute atomic E-state index is 0.154. The third-order valence-corrected chi connectivity index (χ3v) is 3.87. The van der Waals surface area contributed by atoms with Crippen LogP contribution in [0.25, 0.3) is 11.0 Å². The summed E-state index contributed by atoms with van der Waals surface area (Å²) in [4.78, 5) is 10.9. The first-order valence-electron chi connectivity index (χ1n) is 6.81. The van der Waals surface area contributed by atoms with E-state index in [1.54, 1.807) is 11.0 Å². The molecule has 0 amide bonds. The summed E-state index contributed by atoms with van der Waals surface area (Å²) in [5.41, 5.74) is 0.839. The molecule has 102 valence electrons. The molecule has 1 saturated heterocycles. The molecule has 1 N–H and O–H groups in total. The van der Waals surface area contributed by atoms with E-state index < -0.39 is 0 Å². The maximum atomic E-state index is 9.62. The van der Waals surface area contributed by atoms with E-state index >= 15 is 0 Å². The molecule has 6 nitrogen and oxygen atoms in total. The van der Waals surface area contributed by atoms with Crippen LogP contribution in [0.1, 0.15) is 25.7 Å². The molecule has 19 heavy (non-hydrogen) atoms. The second-order valence-corrected chi connectivity index (χ2v) is 5.08. The normalized spacial score (nSPS) is 20.7. The molecule has 0 aliphatic carbocycles. The predicted molar refractivity (Wildman–Crippen MR) is 73.0 cm³/mol. The third kappa shape index (κ3) is 2.16. The van der Waals surface area contributed by atoms with Gasteiger partial charge in [0.15, 0.2) is 5.65 Å². The Balaban J connectivity index is 2.06. The van der Waals surface area contributed by atoms with Crippen molar-refractivity contribution in [1.82, 2.24) is 19.7 Å². The highest BCUT2D eigenvalue weighted by Gasteiger charge is 2.24. The molecule has 0 bridgehead atoms. The lowest BCUT2D eigenvalue weighted by Crippen LogP contribution is -2.38. The molecule has 1 aliphatic heterocycles. The molecule has 0 aromatic carbocycles. The van der Waals surface area contributed by atoms with Gasteiger partial charge in [0.25, 0.3) is 0 Å². The zero-order valence-corrected chi connectivity index (χ0v) is 11.2. The summed E-state index contributed by atoms with van der Waals surface area (Å²) in [6.45, 7) is 1.11. The van der Waals surface area contributed by atoms with E-state index in [0.717, 1.165) is 36.2 Å². The van der Waals surface area contributed by atoms with E-state index in [2.05, 4.69) is 20.0 Å². The van der Waals surface area contributed by atoms with Gasteiger partial charge >= 0.3 is 0 Å². The van der Waals surface area contributed by atoms with Crippen molar-refractivity contribution in [3.63, 3.8) is 0 Å². The number of hydrogen-bond donors (Lipinski definition) is 1. The van der Waals surface area contributed by atoms with Crippen LogP contribution in [0, 0.1) is 0 Å². The maximum absolute atomic E-state index is 9.62. The number of aliphatic hydroxyl groups is 1. The van der Waals surface area contributed by atoms with Gasteiger partial charge in [0.2, 0.25) is 0 Å². The monoisotopic (exact) mass is 261 g/mol. The molecule has 0 saturated carbocycles. The fraction of sp³-hybridized carbons (Fsp3) is 0.615. The molecule has 0 spiro atoms. The Morgan fingerprint density at radius 3 is 3.05 bits per heavy atom. The molecule has 6 heteroatoms. The first-order valence-corrected chi connectivity index (χ1v) is 6.81. The highest BCUT2D eigenvalue weighted by molar-refractivity contribution is 5.86. The summed E-state index contributed by atoms with van der Waals surface area (Å²) in [6, 6.07) is 0.154. The highest BCUT2D eigenvalue weighted by atomic mass is 16.3. The summed E-state index contributed by atoms with van der Waals surface area (Å²) < 4.78 is 1.76. The van der Waals surface area contributed by atoms with E-state index in [0.29, 0.717) is 0 Å². The third-order valence-electron chi connectivity index (χ3n) is 3.87. The topological polar surface area (TPSA) is 67.1 Å². The summed E-state index contributed by atoms with van der Waals surface area (Å²) in [5.74, 6) is 0.902. The van der Waals surface area contributed by atoms with Gasteiger partial charge in [-0.3, -0.25) is 4.68 Å². The fourth-order valence-electron chi connectivity index (χ4n) is 2.82. The first-order chi connectivity index (χ1) is 9.31. The summed E-state index contributed by atoms with van der Waals surface area (Å²) in [7, 11) is 1.88. The number of aliphatic hydroxyl groups excluding tert-OH is 1. The summed E-state index contributed by atoms with van der Waals surface area (Å²) in [6.07, 6.45) is 7.93. The van der Waals surface area contributed by atoms with Gasteiger partial charge in [-0.15, -0.1) is 0 Å². The second-order valence-electron chi connectivity index (χ2n) is 5.08. The van der Waals surface area contributed by atoms with Crippen LogP contribution >= 0.6 is 0 Å². The largest absolute Gasteiger partial charge is 0.394 e. The van der Waals surface area contributed by atoms with E-state index in [1.807, 2.05) is 13.2 Å². The van der Waals surface area contributed by atoms with Crippen molar-refractivity contribution in [2.24, 2.45) is 7.05 Å². The fourth-order valence-corrected chi connectivity index (χ4v) is 2.82. The Kier molecular flexibility index (Phi) is 3.33. The maximum Gasteiger partial charge on any atom is 0.163 e. The lowest BCUT2D eigenvalue weighted by Gasteiger charge is -2.29. The van der Waals surface area contributed by atoms with Crippen LogP contribution in [-0.2, 0) is 7.05 Å². The van der Waals surface area contributed by atoms with Crippen LogP contribution in [-0.4, -0.2) is 44.0 Å². The van der Waals surface area contributed by atoms with Gasteiger partial charge < -0.3 is 10.0 Å². The van der Waals surface area contributed by atoms with E-state index in [4.69, 9.17) is 0 Å². The minimum atomic E-state index is 0.154. The van der Waals surface area contributed by atoms with Gasteiger partial charge in [0, 0.05) is 13.6 Å². The number of anilines is 1. The first kappa shape index (κ1) is 12.3. The number of aromatic nitrogens is 4. The minimum Gasteiger partial charge on any atom is -0.394 e. The number of nitrogens with zero attached hydrogens (tertiary/aromatic N) is 5. The Morgan fingerprint density at radius 2 is 2.21 bits per heavy atom. The van der Waals surface area contributed by atoms with Crippen molar-refractivity contribution < 1.29 is 5.11 Å². The Morgan fingerprint density at radius 1 is 1.32 bits per heavy atom. The van der Waals surface area contributed by atoms with Crippen LogP contribution in [0.2, 0.25) is 0 Å². The number of fused-ring (bicyclic) bond motifs is 1. The standard InChI is InChI=1S/C13H19N5O/c1-17-12-11(7-16-17)13(15-9-14-12)18-6-4-2-3-5-10(18)8-19/h7,9-10,19H,2-6,8H2,1H3. The molecule has 2 aromatic rings. The zero-order chi connectivity index (χ0) is 13.2. The van der Waals surface area contributed by atoms with Crippen molar-refractivity contribution >= 4 is 16.9 Å². The van der Waals surface area contributed by atoms with Crippen molar-refractivity contribution in [2.45, 2.75) is 31.7 Å². The Bertz CT molecular complexity index is 567. The van der Waals surface area contributed by atoms with Crippen LogP contribution in [0.15, 0.2) is 12.5 Å². The zero-order valence-electron chi connectivity index (χ0n) is 11.2. The van der Waals surface area contributed by atoms with Gasteiger partial charge in [0.1, 0.15) is 12.1 Å². The predicted octanol–water partition coefficient (Wildman–Crippen LogP) is 1.10. The lowest BCUT2D eigenvalue weighted by atomic mass is 10.1. The van der Waals surface area contributed by atoms with Crippen LogP contribution in [0.5, 0.6) is 0 Å². The SMILES string of the molecule is Cn1ncc2c(N3CCCCCC3CO)ncnc21. The quantitative estimate of drug-likeness (QED) is 0.877. The van der Waals surface area contributed by atoms with Crippen LogP contribution < -0.4 is 4.90 Å². The van der Waals surface area contributed by atoms with Crippen LogP contribution in [0.3, 0.4) is 0 Å². The smallest absolute Gasteiger partial charge is 0.163 e. The van der Waals surface area contributed by atoms with Crippen molar-refractivity contribution in [3.05, 3.63) is 12.5 Å². The van der Waals surface area contributed by atoms with Gasteiger partial charge in [-0.25, -0.2) is 9.97 Å². The number of hydrogen-bond acceptors (Lipinski definition) is 5. The highest BCUT2D eigenvalue weighted by Crippen LogP contribution is 2.27. The van der Waals surface area contributed by atoms with Gasteiger partial charge in [0.05, 0.1) is 24.2 Å². The molecule has 0 radical (unpaired) electrons.